The van der Waals surface area contributed by atoms with Gasteiger partial charge in [0.15, 0.2) is 0 Å². The van der Waals surface area contributed by atoms with Crippen LogP contribution >= 0.6 is 72.8 Å². The molecule has 2 aliphatic heterocycles. The van der Waals surface area contributed by atoms with Crippen LogP contribution < -0.4 is 20.3 Å². The maximum Gasteiger partial charge on any atom is 0.220 e. The van der Waals surface area contributed by atoms with E-state index in [9.17, 15) is 4.79 Å². The average molecular weight is 715 g/mol. The van der Waals surface area contributed by atoms with Crippen molar-refractivity contribution in [1.82, 2.24) is 25.5 Å². The predicted molar refractivity (Wildman–Crippen MR) is 185 cm³/mol. The number of piperidine rings is 1. The summed E-state index contributed by atoms with van der Waals surface area (Å²) < 4.78 is 6.22. The number of piperazine rings is 1. The largest absolute Gasteiger partial charge is 0.437 e. The SMILES string of the molecule is CC(=O)NCC1CCN(Cc2cc(Oc3ccc(N4CCNCC4)nc3)nc(-c3cc(Cl)cc(Cl)c3)c2)CC1.Cl.Cl.Cl.Cl. The summed E-state index contributed by atoms with van der Waals surface area (Å²) in [4.78, 5) is 25.4. The molecule has 0 aliphatic carbocycles. The third kappa shape index (κ3) is 11.6. The first kappa shape index (κ1) is 39.3. The van der Waals surface area contributed by atoms with E-state index in [2.05, 4.69) is 31.5 Å². The Kier molecular flexibility index (Phi) is 17.3. The number of hydrogen-bond acceptors (Lipinski definition) is 7. The van der Waals surface area contributed by atoms with Gasteiger partial charge in [-0.25, -0.2) is 9.97 Å². The number of benzene rings is 1. The first-order chi connectivity index (χ1) is 18.9. The molecule has 2 N–H and O–H groups in total. The normalized spacial score (nSPS) is 15.2. The summed E-state index contributed by atoms with van der Waals surface area (Å²) in [6.45, 7) is 8.82. The van der Waals surface area contributed by atoms with Crippen molar-refractivity contribution >= 4 is 84.6 Å². The van der Waals surface area contributed by atoms with Crippen LogP contribution in [0.5, 0.6) is 11.6 Å². The van der Waals surface area contributed by atoms with Crippen LogP contribution in [0.25, 0.3) is 11.3 Å². The van der Waals surface area contributed by atoms with Crippen LogP contribution in [0, 0.1) is 5.92 Å². The van der Waals surface area contributed by atoms with E-state index >= 15 is 0 Å². The number of anilines is 1. The van der Waals surface area contributed by atoms with Gasteiger partial charge in [0.2, 0.25) is 11.8 Å². The van der Waals surface area contributed by atoms with Gasteiger partial charge in [-0.15, -0.1) is 49.6 Å². The number of amides is 1. The molecule has 0 unspecified atom stereocenters. The highest BCUT2D eigenvalue weighted by molar-refractivity contribution is 6.35. The lowest BCUT2D eigenvalue weighted by Gasteiger charge is -2.32. The van der Waals surface area contributed by atoms with Crippen LogP contribution in [-0.4, -0.2) is 66.6 Å². The molecule has 3 aromatic rings. The van der Waals surface area contributed by atoms with Crippen LogP contribution in [0.3, 0.4) is 0 Å². The maximum atomic E-state index is 11.3. The molecule has 0 spiro atoms. The minimum absolute atomic E-state index is 0. The number of rotatable bonds is 8. The van der Waals surface area contributed by atoms with E-state index in [1.807, 2.05) is 30.3 Å². The number of carbonyl (C=O) groups excluding carboxylic acids is 1. The Labute approximate surface area is 288 Å². The molecule has 2 saturated heterocycles. The van der Waals surface area contributed by atoms with E-state index in [0.717, 1.165) is 87.8 Å². The van der Waals surface area contributed by atoms with Crippen LogP contribution in [0.15, 0.2) is 48.7 Å². The topological polar surface area (TPSA) is 82.6 Å². The van der Waals surface area contributed by atoms with Gasteiger partial charge < -0.3 is 20.3 Å². The first-order valence-electron chi connectivity index (χ1n) is 13.4. The van der Waals surface area contributed by atoms with Crippen molar-refractivity contribution in [1.29, 1.82) is 0 Å². The third-order valence-electron chi connectivity index (χ3n) is 7.16. The molecule has 5 rings (SSSR count). The lowest BCUT2D eigenvalue weighted by atomic mass is 9.96. The highest BCUT2D eigenvalue weighted by Crippen LogP contribution is 2.31. The minimum atomic E-state index is 0. The maximum absolute atomic E-state index is 11.3. The van der Waals surface area contributed by atoms with Gasteiger partial charge in [0.05, 0.1) is 11.9 Å². The second-order valence-electron chi connectivity index (χ2n) is 10.2. The monoisotopic (exact) mass is 712 g/mol. The van der Waals surface area contributed by atoms with Crippen molar-refractivity contribution in [3.63, 3.8) is 0 Å². The lowest BCUT2D eigenvalue weighted by molar-refractivity contribution is -0.119. The molecule has 1 aromatic carbocycles. The van der Waals surface area contributed by atoms with Gasteiger partial charge in [-0.2, -0.15) is 0 Å². The second-order valence-corrected chi connectivity index (χ2v) is 11.1. The Morgan fingerprint density at radius 1 is 0.977 bits per heavy atom. The van der Waals surface area contributed by atoms with Crippen molar-refractivity contribution in [2.24, 2.45) is 5.92 Å². The van der Waals surface area contributed by atoms with Crippen LogP contribution in [0.4, 0.5) is 5.82 Å². The van der Waals surface area contributed by atoms with Crippen molar-refractivity contribution in [2.45, 2.75) is 26.3 Å². The number of likely N-dealkylation sites (tertiary alicyclic amines) is 1. The summed E-state index contributed by atoms with van der Waals surface area (Å²) in [7, 11) is 0. The third-order valence-corrected chi connectivity index (χ3v) is 7.59. The molecule has 0 radical (unpaired) electrons. The number of aromatic nitrogens is 2. The van der Waals surface area contributed by atoms with Crippen molar-refractivity contribution in [3.05, 3.63) is 64.3 Å². The molecular weight excluding hydrogens is 677 g/mol. The Hall–Kier alpha value is -1.75. The molecular formula is C29H38Cl6N6O2. The van der Waals surface area contributed by atoms with Crippen molar-refractivity contribution < 1.29 is 9.53 Å². The first-order valence-corrected chi connectivity index (χ1v) is 14.2. The quantitative estimate of drug-likeness (QED) is 0.269. The highest BCUT2D eigenvalue weighted by Gasteiger charge is 2.20. The number of halogens is 6. The summed E-state index contributed by atoms with van der Waals surface area (Å²) in [5, 5.41) is 7.43. The molecule has 0 saturated carbocycles. The molecule has 1 amide bonds. The number of carbonyl (C=O) groups is 1. The van der Waals surface area contributed by atoms with E-state index in [-0.39, 0.29) is 55.5 Å². The smallest absolute Gasteiger partial charge is 0.220 e. The molecule has 4 heterocycles. The summed E-state index contributed by atoms with van der Waals surface area (Å²) >= 11 is 12.6. The van der Waals surface area contributed by atoms with Gasteiger partial charge in [0, 0.05) is 67.9 Å². The fourth-order valence-corrected chi connectivity index (χ4v) is 5.61. The minimum Gasteiger partial charge on any atom is -0.437 e. The standard InChI is InChI=1S/C29H34Cl2N6O2.4ClH/c1-20(38)33-17-21-4-8-36(9-5-21)19-22-12-27(23-14-24(30)16-25(31)15-23)35-29(13-22)39-26-2-3-28(34-18-26)37-10-6-32-7-11-37;;;;/h2-3,12-16,18,21,32H,4-11,17,19H2,1H3,(H,33,38);4*1H. The molecule has 2 aromatic heterocycles. The summed E-state index contributed by atoms with van der Waals surface area (Å²) in [6, 6.07) is 13.4. The second kappa shape index (κ2) is 18.9. The van der Waals surface area contributed by atoms with E-state index in [1.54, 1.807) is 19.2 Å². The van der Waals surface area contributed by atoms with E-state index in [4.69, 9.17) is 32.9 Å². The Morgan fingerprint density at radius 2 is 1.65 bits per heavy atom. The fourth-order valence-electron chi connectivity index (χ4n) is 5.08. The van der Waals surface area contributed by atoms with E-state index in [1.165, 1.54) is 0 Å². The van der Waals surface area contributed by atoms with Crippen LogP contribution in [-0.2, 0) is 11.3 Å². The van der Waals surface area contributed by atoms with E-state index < -0.39 is 0 Å². The number of hydrogen-bond donors (Lipinski definition) is 2. The van der Waals surface area contributed by atoms with Gasteiger partial charge in [-0.05, 0) is 73.8 Å². The van der Waals surface area contributed by atoms with Gasteiger partial charge in [-0.1, -0.05) is 23.2 Å². The molecule has 2 aliphatic rings. The zero-order chi connectivity index (χ0) is 27.2. The number of nitrogens with one attached hydrogen (secondary N) is 2. The molecule has 8 nitrogen and oxygen atoms in total. The molecule has 43 heavy (non-hydrogen) atoms. The van der Waals surface area contributed by atoms with Gasteiger partial charge in [0.1, 0.15) is 11.6 Å². The van der Waals surface area contributed by atoms with Crippen molar-refractivity contribution in [2.75, 3.05) is 50.7 Å². The number of nitrogens with zero attached hydrogens (tertiary/aromatic N) is 4. The summed E-state index contributed by atoms with van der Waals surface area (Å²) in [5.74, 6) is 2.62. The Bertz CT molecular complexity index is 1270. The fraction of sp³-hybridized carbons (Fsp3) is 0.414. The molecule has 238 valence electrons. The summed E-state index contributed by atoms with van der Waals surface area (Å²) in [5.41, 5.74) is 2.68. The van der Waals surface area contributed by atoms with Gasteiger partial charge >= 0.3 is 0 Å². The molecule has 14 heteroatoms. The molecule has 0 bridgehead atoms. The van der Waals surface area contributed by atoms with Crippen LogP contribution in [0.2, 0.25) is 10.0 Å². The average Bonchev–Trinajstić information content (AvgIpc) is 2.93. The van der Waals surface area contributed by atoms with Gasteiger partial charge in [-0.3, -0.25) is 9.69 Å². The zero-order valence-electron chi connectivity index (χ0n) is 23.8. The van der Waals surface area contributed by atoms with Crippen LogP contribution in [0.1, 0.15) is 25.3 Å². The van der Waals surface area contributed by atoms with E-state index in [0.29, 0.717) is 27.6 Å². The zero-order valence-corrected chi connectivity index (χ0v) is 28.5. The molecule has 0 atom stereocenters. The lowest BCUT2D eigenvalue weighted by Crippen LogP contribution is -2.43. The Balaban J connectivity index is 0.00000231. The number of ether oxygens (including phenoxy) is 1. The number of pyridine rings is 2. The Morgan fingerprint density at radius 3 is 2.26 bits per heavy atom. The van der Waals surface area contributed by atoms with Gasteiger partial charge in [0.25, 0.3) is 0 Å². The molecule has 2 fully saturated rings. The summed E-state index contributed by atoms with van der Waals surface area (Å²) in [6.07, 6.45) is 3.86. The highest BCUT2D eigenvalue weighted by atomic mass is 35.5. The van der Waals surface area contributed by atoms with Crippen molar-refractivity contribution in [3.8, 4) is 22.9 Å². The predicted octanol–water partition coefficient (Wildman–Crippen LogP) is 6.69.